The van der Waals surface area contributed by atoms with Crippen LogP contribution in [0.25, 0.3) is 0 Å². The molecule has 13 heavy (non-hydrogen) atoms. The van der Waals surface area contributed by atoms with Gasteiger partial charge in [-0.3, -0.25) is 4.79 Å². The summed E-state index contributed by atoms with van der Waals surface area (Å²) in [6.07, 6.45) is 10.1. The van der Waals surface area contributed by atoms with Crippen molar-refractivity contribution in [1.29, 1.82) is 0 Å². The van der Waals surface area contributed by atoms with Crippen LogP contribution in [0.15, 0.2) is 24.8 Å². The predicted octanol–water partition coefficient (Wildman–Crippen LogP) is 2.76. The molecule has 0 amide bonds. The topological polar surface area (TPSA) is 37.3 Å². The van der Waals surface area contributed by atoms with Gasteiger partial charge in [-0.05, 0) is 25.7 Å². The summed E-state index contributed by atoms with van der Waals surface area (Å²) in [5.74, 6) is -0.714. The van der Waals surface area contributed by atoms with E-state index in [1.54, 1.807) is 0 Å². The fourth-order valence-electron chi connectivity index (χ4n) is 1.97. The highest BCUT2D eigenvalue weighted by Gasteiger charge is 2.29. The Bertz CT molecular complexity index is 230. The molecule has 0 bridgehead atoms. The largest absolute Gasteiger partial charge is 0.481 e. The molecular formula is C11H16O2. The van der Waals surface area contributed by atoms with Crippen LogP contribution in [0.3, 0.4) is 0 Å². The van der Waals surface area contributed by atoms with Crippen LogP contribution in [-0.4, -0.2) is 11.1 Å². The fraction of sp³-hybridized carbons (Fsp3) is 0.545. The maximum atomic E-state index is 10.7. The number of allylic oxidation sites excluding steroid dienone is 3. The average Bonchev–Trinajstić information content (AvgIpc) is 2.04. The minimum absolute atomic E-state index is 0.147. The van der Waals surface area contributed by atoms with Gasteiger partial charge in [-0.1, -0.05) is 18.2 Å². The van der Waals surface area contributed by atoms with Gasteiger partial charge in [-0.25, -0.2) is 0 Å². The van der Waals surface area contributed by atoms with E-state index in [9.17, 15) is 4.79 Å². The Kier molecular flexibility index (Phi) is 3.29. The van der Waals surface area contributed by atoms with Crippen molar-refractivity contribution in [3.05, 3.63) is 24.8 Å². The van der Waals surface area contributed by atoms with Crippen molar-refractivity contribution in [3.8, 4) is 0 Å². The van der Waals surface area contributed by atoms with E-state index in [2.05, 4.69) is 18.7 Å². The molecule has 1 atom stereocenters. The standard InChI is InChI=1S/C11H16O2/c1-2-6-11(9-10(12)13)7-4-3-5-8-11/h2,4,7H,1,3,5-6,8-9H2,(H,12,13). The Morgan fingerprint density at radius 3 is 2.92 bits per heavy atom. The Hall–Kier alpha value is -1.05. The minimum atomic E-state index is -0.714. The maximum absolute atomic E-state index is 10.7. The lowest BCUT2D eigenvalue weighted by atomic mass is 9.74. The van der Waals surface area contributed by atoms with Crippen LogP contribution in [-0.2, 0) is 4.79 Å². The van der Waals surface area contributed by atoms with Crippen LogP contribution in [0.2, 0.25) is 0 Å². The molecule has 0 aromatic rings. The Morgan fingerprint density at radius 1 is 1.69 bits per heavy atom. The van der Waals surface area contributed by atoms with Crippen molar-refractivity contribution in [1.82, 2.24) is 0 Å². The van der Waals surface area contributed by atoms with E-state index < -0.39 is 5.97 Å². The van der Waals surface area contributed by atoms with Crippen molar-refractivity contribution in [2.45, 2.75) is 32.1 Å². The van der Waals surface area contributed by atoms with Crippen molar-refractivity contribution in [2.75, 3.05) is 0 Å². The predicted molar refractivity (Wildman–Crippen MR) is 52.5 cm³/mol. The molecule has 2 nitrogen and oxygen atoms in total. The van der Waals surface area contributed by atoms with Gasteiger partial charge in [0.15, 0.2) is 0 Å². The second kappa shape index (κ2) is 4.26. The zero-order chi connectivity index (χ0) is 9.73. The molecule has 1 N–H and O–H groups in total. The molecule has 0 aromatic carbocycles. The van der Waals surface area contributed by atoms with Gasteiger partial charge in [0.2, 0.25) is 0 Å². The summed E-state index contributed by atoms with van der Waals surface area (Å²) in [5, 5.41) is 8.79. The number of aliphatic carboxylic acids is 1. The Morgan fingerprint density at radius 2 is 2.46 bits per heavy atom. The van der Waals surface area contributed by atoms with Crippen LogP contribution >= 0.6 is 0 Å². The summed E-state index contributed by atoms with van der Waals surface area (Å²) in [7, 11) is 0. The SMILES string of the molecule is C=CCC1(CC(=O)O)C=CCCC1. The van der Waals surface area contributed by atoms with E-state index in [1.165, 1.54) is 0 Å². The van der Waals surface area contributed by atoms with Gasteiger partial charge in [-0.2, -0.15) is 0 Å². The first-order valence-electron chi connectivity index (χ1n) is 4.69. The van der Waals surface area contributed by atoms with E-state index in [0.717, 1.165) is 25.7 Å². The molecule has 0 heterocycles. The number of carboxylic acids is 1. The lowest BCUT2D eigenvalue weighted by Crippen LogP contribution is -2.23. The van der Waals surface area contributed by atoms with E-state index in [0.29, 0.717) is 0 Å². The van der Waals surface area contributed by atoms with Crippen LogP contribution in [0.1, 0.15) is 32.1 Å². The first-order valence-corrected chi connectivity index (χ1v) is 4.69. The van der Waals surface area contributed by atoms with Crippen molar-refractivity contribution in [3.63, 3.8) is 0 Å². The third-order valence-electron chi connectivity index (χ3n) is 2.57. The third-order valence-corrected chi connectivity index (χ3v) is 2.57. The van der Waals surface area contributed by atoms with Crippen molar-refractivity contribution >= 4 is 5.97 Å². The summed E-state index contributed by atoms with van der Waals surface area (Å²) < 4.78 is 0. The number of hydrogen-bond acceptors (Lipinski definition) is 1. The fourth-order valence-corrected chi connectivity index (χ4v) is 1.97. The highest BCUT2D eigenvalue weighted by molar-refractivity contribution is 5.68. The van der Waals surface area contributed by atoms with Gasteiger partial charge < -0.3 is 5.11 Å². The molecule has 0 saturated carbocycles. The van der Waals surface area contributed by atoms with E-state index >= 15 is 0 Å². The van der Waals surface area contributed by atoms with Crippen LogP contribution in [0.5, 0.6) is 0 Å². The molecule has 1 unspecified atom stereocenters. The molecule has 1 aliphatic carbocycles. The Labute approximate surface area is 79.0 Å². The van der Waals surface area contributed by atoms with Crippen molar-refractivity contribution < 1.29 is 9.90 Å². The maximum Gasteiger partial charge on any atom is 0.304 e. The van der Waals surface area contributed by atoms with Gasteiger partial charge in [0.25, 0.3) is 0 Å². The number of rotatable bonds is 4. The quantitative estimate of drug-likeness (QED) is 0.675. The molecular weight excluding hydrogens is 164 g/mol. The van der Waals surface area contributed by atoms with Gasteiger partial charge >= 0.3 is 5.97 Å². The van der Waals surface area contributed by atoms with E-state index in [4.69, 9.17) is 5.11 Å². The van der Waals surface area contributed by atoms with Gasteiger partial charge in [0, 0.05) is 5.41 Å². The smallest absolute Gasteiger partial charge is 0.304 e. The summed E-state index contributed by atoms with van der Waals surface area (Å²) in [5.41, 5.74) is -0.147. The summed E-state index contributed by atoms with van der Waals surface area (Å²) >= 11 is 0. The normalized spacial score (nSPS) is 27.1. The molecule has 2 heteroatoms. The highest BCUT2D eigenvalue weighted by atomic mass is 16.4. The lowest BCUT2D eigenvalue weighted by molar-refractivity contribution is -0.139. The summed E-state index contributed by atoms with van der Waals surface area (Å²) in [6.45, 7) is 3.68. The zero-order valence-corrected chi connectivity index (χ0v) is 7.83. The summed E-state index contributed by atoms with van der Waals surface area (Å²) in [6, 6.07) is 0. The highest BCUT2D eigenvalue weighted by Crippen LogP contribution is 2.38. The second-order valence-corrected chi connectivity index (χ2v) is 3.72. The number of hydrogen-bond donors (Lipinski definition) is 1. The molecule has 1 rings (SSSR count). The molecule has 0 aliphatic heterocycles. The van der Waals surface area contributed by atoms with Crippen LogP contribution in [0.4, 0.5) is 0 Å². The Balaban J connectivity index is 2.72. The van der Waals surface area contributed by atoms with E-state index in [-0.39, 0.29) is 11.8 Å². The monoisotopic (exact) mass is 180 g/mol. The van der Waals surface area contributed by atoms with Gasteiger partial charge in [0.05, 0.1) is 6.42 Å². The van der Waals surface area contributed by atoms with E-state index in [1.807, 2.05) is 6.08 Å². The first-order chi connectivity index (χ1) is 6.18. The zero-order valence-electron chi connectivity index (χ0n) is 7.83. The third kappa shape index (κ3) is 2.72. The molecule has 0 radical (unpaired) electrons. The molecule has 1 aliphatic rings. The molecule has 0 aromatic heterocycles. The molecule has 0 fully saturated rings. The number of carboxylic acid groups (broad SMARTS) is 1. The van der Waals surface area contributed by atoms with Crippen molar-refractivity contribution in [2.24, 2.45) is 5.41 Å². The second-order valence-electron chi connectivity index (χ2n) is 3.72. The molecule has 0 saturated heterocycles. The van der Waals surface area contributed by atoms with Gasteiger partial charge in [-0.15, -0.1) is 6.58 Å². The molecule has 0 spiro atoms. The minimum Gasteiger partial charge on any atom is -0.481 e. The van der Waals surface area contributed by atoms with Gasteiger partial charge in [0.1, 0.15) is 0 Å². The molecule has 72 valence electrons. The average molecular weight is 180 g/mol. The lowest BCUT2D eigenvalue weighted by Gasteiger charge is -2.30. The summed E-state index contributed by atoms with van der Waals surface area (Å²) in [4.78, 5) is 10.7. The first kappa shape index (κ1) is 10.0. The number of carbonyl (C=O) groups is 1. The van der Waals surface area contributed by atoms with Crippen LogP contribution in [0, 0.1) is 5.41 Å². The van der Waals surface area contributed by atoms with Crippen LogP contribution < -0.4 is 0 Å².